The molecule has 1 N–H and O–H groups in total. The van der Waals surface area contributed by atoms with Crippen molar-refractivity contribution in [3.8, 4) is 5.69 Å². The summed E-state index contributed by atoms with van der Waals surface area (Å²) in [5.41, 5.74) is 0.657. The lowest BCUT2D eigenvalue weighted by molar-refractivity contribution is 0.0762. The molecule has 0 radical (unpaired) electrons. The number of hydrogen-bond donors (Lipinski definition) is 1. The van der Waals surface area contributed by atoms with Gasteiger partial charge in [-0.1, -0.05) is 17.7 Å². The summed E-state index contributed by atoms with van der Waals surface area (Å²) in [6.45, 7) is 1.85. The molecule has 1 fully saturated rings. The Kier molecular flexibility index (Phi) is 5.55. The number of nitrogens with zero attached hydrogens (tertiary/aromatic N) is 5. The monoisotopic (exact) mass is 466 g/mol. The molecule has 0 unspecified atom stereocenters. The van der Waals surface area contributed by atoms with Gasteiger partial charge < -0.3 is 9.80 Å². The maximum Gasteiger partial charge on any atom is 0.260 e. The smallest absolute Gasteiger partial charge is 0.260 e. The fraction of sp³-hybridized carbons (Fsp3) is 0.217. The minimum absolute atomic E-state index is 0.0104. The summed E-state index contributed by atoms with van der Waals surface area (Å²) in [6.07, 6.45) is 3.89. The van der Waals surface area contributed by atoms with Crippen molar-refractivity contribution < 1.29 is 9.18 Å². The molecule has 0 saturated carbocycles. The molecule has 33 heavy (non-hydrogen) atoms. The summed E-state index contributed by atoms with van der Waals surface area (Å²) in [5, 5.41) is 5.03. The van der Waals surface area contributed by atoms with E-state index in [1.54, 1.807) is 53.7 Å². The molecule has 0 atom stereocenters. The molecule has 1 aliphatic heterocycles. The van der Waals surface area contributed by atoms with Crippen molar-refractivity contribution in [2.24, 2.45) is 0 Å². The minimum Gasteiger partial charge on any atom is -0.340 e. The van der Waals surface area contributed by atoms with E-state index in [-0.39, 0.29) is 11.1 Å². The number of carbonyl (C=O) groups is 1. The van der Waals surface area contributed by atoms with Crippen LogP contribution in [0.2, 0.25) is 5.02 Å². The summed E-state index contributed by atoms with van der Waals surface area (Å²) in [7, 11) is 0. The predicted molar refractivity (Wildman–Crippen MR) is 124 cm³/mol. The highest BCUT2D eigenvalue weighted by Gasteiger charge is 2.26. The van der Waals surface area contributed by atoms with Crippen LogP contribution in [0.1, 0.15) is 16.8 Å². The van der Waals surface area contributed by atoms with Gasteiger partial charge in [-0.25, -0.2) is 14.1 Å². The molecule has 0 bridgehead atoms. The van der Waals surface area contributed by atoms with E-state index in [4.69, 9.17) is 11.6 Å². The fourth-order valence-electron chi connectivity index (χ4n) is 4.07. The zero-order valence-electron chi connectivity index (χ0n) is 17.5. The Bertz CT molecular complexity index is 1390. The number of fused-ring (bicyclic) bond motifs is 1. The maximum absolute atomic E-state index is 14.8. The lowest BCUT2D eigenvalue weighted by atomic mass is 10.1. The number of benzene rings is 2. The van der Waals surface area contributed by atoms with Gasteiger partial charge in [0.15, 0.2) is 0 Å². The minimum atomic E-state index is -0.590. The van der Waals surface area contributed by atoms with Crippen LogP contribution in [0.3, 0.4) is 0 Å². The first-order chi connectivity index (χ1) is 16.0. The molecule has 4 aromatic rings. The largest absolute Gasteiger partial charge is 0.340 e. The van der Waals surface area contributed by atoms with E-state index in [0.717, 1.165) is 0 Å². The third kappa shape index (κ3) is 4.07. The first-order valence-electron chi connectivity index (χ1n) is 10.5. The number of aromatic amines is 1. The Morgan fingerprint density at radius 1 is 1.09 bits per heavy atom. The second kappa shape index (κ2) is 8.67. The van der Waals surface area contributed by atoms with Crippen molar-refractivity contribution in [3.63, 3.8) is 0 Å². The lowest BCUT2D eigenvalue weighted by Crippen LogP contribution is -2.37. The Hall–Kier alpha value is -3.72. The predicted octanol–water partition coefficient (Wildman–Crippen LogP) is 3.25. The van der Waals surface area contributed by atoms with E-state index in [0.29, 0.717) is 60.2 Å². The Labute approximate surface area is 193 Å². The average molecular weight is 467 g/mol. The highest BCUT2D eigenvalue weighted by atomic mass is 35.5. The average Bonchev–Trinajstić information content (AvgIpc) is 3.23. The second-order valence-electron chi connectivity index (χ2n) is 7.77. The van der Waals surface area contributed by atoms with Gasteiger partial charge in [-0.2, -0.15) is 5.10 Å². The quantitative estimate of drug-likeness (QED) is 0.501. The Balaban J connectivity index is 1.40. The van der Waals surface area contributed by atoms with Gasteiger partial charge in [0.25, 0.3) is 11.5 Å². The van der Waals surface area contributed by atoms with E-state index in [1.165, 1.54) is 10.7 Å². The van der Waals surface area contributed by atoms with E-state index >= 15 is 0 Å². The summed E-state index contributed by atoms with van der Waals surface area (Å²) in [6, 6.07) is 11.2. The number of halogens is 2. The van der Waals surface area contributed by atoms with Crippen LogP contribution in [0.4, 0.5) is 10.3 Å². The van der Waals surface area contributed by atoms with Crippen LogP contribution in [0.15, 0.2) is 59.7 Å². The second-order valence-corrected chi connectivity index (χ2v) is 8.20. The van der Waals surface area contributed by atoms with Crippen molar-refractivity contribution in [2.75, 3.05) is 31.1 Å². The topological polar surface area (TPSA) is 87.1 Å². The van der Waals surface area contributed by atoms with Crippen LogP contribution in [0, 0.1) is 5.82 Å². The molecule has 1 saturated heterocycles. The molecule has 0 aliphatic carbocycles. The summed E-state index contributed by atoms with van der Waals surface area (Å²) in [5.74, 6) is -0.546. The third-order valence-electron chi connectivity index (χ3n) is 5.69. The third-order valence-corrected chi connectivity index (χ3v) is 5.93. The van der Waals surface area contributed by atoms with Gasteiger partial charge in [-0.15, -0.1) is 0 Å². The number of nitrogens with one attached hydrogen (secondary N) is 1. The molecule has 3 heterocycles. The molecule has 2 aromatic carbocycles. The molecule has 2 aromatic heterocycles. The number of amides is 1. The van der Waals surface area contributed by atoms with E-state index in [1.807, 2.05) is 4.90 Å². The van der Waals surface area contributed by atoms with Crippen LogP contribution in [-0.4, -0.2) is 56.7 Å². The zero-order chi connectivity index (χ0) is 22.9. The summed E-state index contributed by atoms with van der Waals surface area (Å²) < 4.78 is 16.2. The van der Waals surface area contributed by atoms with Crippen LogP contribution >= 0.6 is 11.6 Å². The number of aromatic nitrogens is 4. The molecule has 0 spiro atoms. The van der Waals surface area contributed by atoms with Crippen LogP contribution in [0.25, 0.3) is 16.6 Å². The van der Waals surface area contributed by atoms with Crippen molar-refractivity contribution in [2.45, 2.75) is 6.42 Å². The normalized spacial score (nSPS) is 14.5. The van der Waals surface area contributed by atoms with Crippen LogP contribution < -0.4 is 10.5 Å². The van der Waals surface area contributed by atoms with Gasteiger partial charge in [0.05, 0.1) is 16.6 Å². The SMILES string of the molecule is O=C(c1c(F)cccc1-n1cccn1)N1CCCN(c2nc3ccc(Cl)cc3c(=O)[nH]2)CC1. The van der Waals surface area contributed by atoms with E-state index in [9.17, 15) is 14.0 Å². The van der Waals surface area contributed by atoms with Crippen molar-refractivity contribution in [1.82, 2.24) is 24.6 Å². The molecule has 10 heteroatoms. The van der Waals surface area contributed by atoms with Gasteiger partial charge in [0.2, 0.25) is 5.95 Å². The molecular formula is C23H20ClFN6O2. The number of rotatable bonds is 3. The fourth-order valence-corrected chi connectivity index (χ4v) is 4.24. The zero-order valence-corrected chi connectivity index (χ0v) is 18.3. The Morgan fingerprint density at radius 2 is 1.97 bits per heavy atom. The highest BCUT2D eigenvalue weighted by Crippen LogP contribution is 2.22. The summed E-state index contributed by atoms with van der Waals surface area (Å²) in [4.78, 5) is 36.8. The van der Waals surface area contributed by atoms with Gasteiger partial charge >= 0.3 is 0 Å². The molecule has 8 nitrogen and oxygen atoms in total. The molecule has 1 aliphatic rings. The molecule has 5 rings (SSSR count). The first kappa shape index (κ1) is 21.1. The maximum atomic E-state index is 14.8. The van der Waals surface area contributed by atoms with Crippen LogP contribution in [-0.2, 0) is 0 Å². The first-order valence-corrected chi connectivity index (χ1v) is 10.9. The van der Waals surface area contributed by atoms with E-state index in [2.05, 4.69) is 15.1 Å². The van der Waals surface area contributed by atoms with Gasteiger partial charge in [-0.3, -0.25) is 14.6 Å². The number of hydrogen-bond acceptors (Lipinski definition) is 5. The molecule has 1 amide bonds. The van der Waals surface area contributed by atoms with E-state index < -0.39 is 11.7 Å². The molecular weight excluding hydrogens is 447 g/mol. The standard InChI is InChI=1S/C23H20ClFN6O2/c24-15-6-7-18-16(14-15)21(32)28-23(27-18)30-10-3-9-29(12-13-30)22(33)20-17(25)4-1-5-19(20)31-11-2-8-26-31/h1-2,4-8,11,14H,3,9-10,12-13H2,(H,27,28,32). The lowest BCUT2D eigenvalue weighted by Gasteiger charge is -2.23. The van der Waals surface area contributed by atoms with Crippen molar-refractivity contribution in [1.29, 1.82) is 0 Å². The molecule has 168 valence electrons. The Morgan fingerprint density at radius 3 is 2.79 bits per heavy atom. The van der Waals surface area contributed by atoms with Crippen molar-refractivity contribution >= 4 is 34.4 Å². The summed E-state index contributed by atoms with van der Waals surface area (Å²) >= 11 is 5.99. The highest BCUT2D eigenvalue weighted by molar-refractivity contribution is 6.31. The number of anilines is 1. The van der Waals surface area contributed by atoms with Crippen molar-refractivity contribution in [3.05, 3.63) is 81.6 Å². The number of H-pyrrole nitrogens is 1. The van der Waals surface area contributed by atoms with Crippen LogP contribution in [0.5, 0.6) is 0 Å². The van der Waals surface area contributed by atoms with Gasteiger partial charge in [0.1, 0.15) is 11.4 Å². The number of carbonyl (C=O) groups excluding carboxylic acids is 1. The van der Waals surface area contributed by atoms with Gasteiger partial charge in [-0.05, 0) is 42.8 Å². The van der Waals surface area contributed by atoms with Gasteiger partial charge in [0, 0.05) is 43.6 Å².